The molecule has 3 aromatic rings. The van der Waals surface area contributed by atoms with Crippen LogP contribution in [0.3, 0.4) is 0 Å². The van der Waals surface area contributed by atoms with E-state index in [4.69, 9.17) is 4.74 Å². The zero-order valence-electron chi connectivity index (χ0n) is 17.0. The maximum Gasteiger partial charge on any atom is 0.119 e. The van der Waals surface area contributed by atoms with Crippen LogP contribution in [-0.4, -0.2) is 37.6 Å². The smallest absolute Gasteiger partial charge is 0.119 e. The number of nitrogens with zero attached hydrogens (tertiary/aromatic N) is 2. The Morgan fingerprint density at radius 2 is 1.28 bits per heavy atom. The minimum atomic E-state index is 0.613. The third-order valence-corrected chi connectivity index (χ3v) is 5.61. The Hall–Kier alpha value is -2.78. The molecule has 1 heterocycles. The predicted octanol–water partition coefficient (Wildman–Crippen LogP) is 5.02. The van der Waals surface area contributed by atoms with Crippen molar-refractivity contribution in [3.8, 4) is 5.75 Å². The molecule has 4 rings (SSSR count). The van der Waals surface area contributed by atoms with Crippen molar-refractivity contribution in [3.63, 3.8) is 0 Å². The molecule has 0 bridgehead atoms. The Labute approximate surface area is 174 Å². The van der Waals surface area contributed by atoms with E-state index in [1.165, 1.54) is 36.2 Å². The average Bonchev–Trinajstić information content (AvgIpc) is 2.80. The lowest BCUT2D eigenvalue weighted by atomic mass is 10.1. The molecule has 29 heavy (non-hydrogen) atoms. The van der Waals surface area contributed by atoms with Gasteiger partial charge in [0.15, 0.2) is 0 Å². The third-order valence-electron chi connectivity index (χ3n) is 5.61. The Balaban J connectivity index is 1.19. The van der Waals surface area contributed by atoms with Crippen molar-refractivity contribution in [2.75, 3.05) is 37.6 Å². The summed E-state index contributed by atoms with van der Waals surface area (Å²) >= 11 is 0. The molecule has 3 nitrogen and oxygen atoms in total. The van der Waals surface area contributed by atoms with E-state index in [9.17, 15) is 0 Å². The van der Waals surface area contributed by atoms with Gasteiger partial charge in [-0.3, -0.25) is 4.90 Å². The molecule has 0 aromatic heterocycles. The Morgan fingerprint density at radius 3 is 1.93 bits per heavy atom. The lowest BCUT2D eigenvalue weighted by Crippen LogP contribution is -2.46. The first-order valence-electron chi connectivity index (χ1n) is 10.6. The number of hydrogen-bond acceptors (Lipinski definition) is 3. The average molecular weight is 387 g/mol. The van der Waals surface area contributed by atoms with E-state index < -0.39 is 0 Å². The molecule has 0 unspecified atom stereocenters. The number of rotatable bonds is 8. The lowest BCUT2D eigenvalue weighted by molar-refractivity contribution is 0.255. The van der Waals surface area contributed by atoms with Crippen LogP contribution in [0.1, 0.15) is 17.5 Å². The normalized spacial score (nSPS) is 14.7. The SMILES string of the molecule is c1ccc(CCCN2CCN(c3ccc(OCc4ccccc4)cc3)CC2)cc1. The fourth-order valence-electron chi connectivity index (χ4n) is 3.88. The van der Waals surface area contributed by atoms with Gasteiger partial charge in [-0.2, -0.15) is 0 Å². The molecule has 0 radical (unpaired) electrons. The van der Waals surface area contributed by atoms with Crippen LogP contribution in [0, 0.1) is 0 Å². The predicted molar refractivity (Wildman–Crippen MR) is 121 cm³/mol. The monoisotopic (exact) mass is 386 g/mol. The van der Waals surface area contributed by atoms with Gasteiger partial charge in [-0.15, -0.1) is 0 Å². The number of aryl methyl sites for hydroxylation is 1. The minimum absolute atomic E-state index is 0.613. The highest BCUT2D eigenvalue weighted by molar-refractivity contribution is 5.49. The summed E-state index contributed by atoms with van der Waals surface area (Å²) < 4.78 is 5.91. The number of hydrogen-bond donors (Lipinski definition) is 0. The van der Waals surface area contributed by atoms with Crippen molar-refractivity contribution in [1.29, 1.82) is 0 Å². The van der Waals surface area contributed by atoms with Gasteiger partial charge >= 0.3 is 0 Å². The zero-order valence-corrected chi connectivity index (χ0v) is 17.0. The van der Waals surface area contributed by atoms with Crippen molar-refractivity contribution in [2.24, 2.45) is 0 Å². The molecular formula is C26H30N2O. The summed E-state index contributed by atoms with van der Waals surface area (Å²) in [5.41, 5.74) is 3.93. The molecule has 1 aliphatic heterocycles. The quantitative estimate of drug-likeness (QED) is 0.541. The van der Waals surface area contributed by atoms with Gasteiger partial charge < -0.3 is 9.64 Å². The summed E-state index contributed by atoms with van der Waals surface area (Å²) in [6.07, 6.45) is 2.41. The van der Waals surface area contributed by atoms with Crippen molar-refractivity contribution >= 4 is 5.69 Å². The van der Waals surface area contributed by atoms with Crippen LogP contribution in [0.5, 0.6) is 5.75 Å². The van der Waals surface area contributed by atoms with Crippen LogP contribution in [0.4, 0.5) is 5.69 Å². The number of piperazine rings is 1. The summed E-state index contributed by atoms with van der Waals surface area (Å²) in [5.74, 6) is 0.928. The summed E-state index contributed by atoms with van der Waals surface area (Å²) in [4.78, 5) is 5.07. The van der Waals surface area contributed by atoms with Crippen LogP contribution in [0.15, 0.2) is 84.9 Å². The molecule has 1 saturated heterocycles. The van der Waals surface area contributed by atoms with E-state index >= 15 is 0 Å². The second-order valence-corrected chi connectivity index (χ2v) is 7.69. The molecule has 1 aliphatic rings. The van der Waals surface area contributed by atoms with Crippen LogP contribution in [0.2, 0.25) is 0 Å². The van der Waals surface area contributed by atoms with Gasteiger partial charge in [0.05, 0.1) is 0 Å². The topological polar surface area (TPSA) is 15.7 Å². The van der Waals surface area contributed by atoms with E-state index in [0.717, 1.165) is 31.9 Å². The van der Waals surface area contributed by atoms with E-state index in [1.54, 1.807) is 0 Å². The van der Waals surface area contributed by atoms with Crippen molar-refractivity contribution < 1.29 is 4.74 Å². The van der Waals surface area contributed by atoms with Gasteiger partial charge in [-0.05, 0) is 54.8 Å². The van der Waals surface area contributed by atoms with Crippen LogP contribution < -0.4 is 9.64 Å². The maximum absolute atomic E-state index is 5.91. The summed E-state index contributed by atoms with van der Waals surface area (Å²) in [5, 5.41) is 0. The van der Waals surface area contributed by atoms with Gasteiger partial charge in [-0.1, -0.05) is 60.7 Å². The molecule has 0 amide bonds. The molecule has 150 valence electrons. The molecule has 0 spiro atoms. The van der Waals surface area contributed by atoms with Crippen LogP contribution in [-0.2, 0) is 13.0 Å². The van der Waals surface area contributed by atoms with Crippen molar-refractivity contribution in [3.05, 3.63) is 96.1 Å². The number of ether oxygens (including phenoxy) is 1. The molecule has 0 aliphatic carbocycles. The van der Waals surface area contributed by atoms with E-state index in [-0.39, 0.29) is 0 Å². The van der Waals surface area contributed by atoms with Gasteiger partial charge in [-0.25, -0.2) is 0 Å². The highest BCUT2D eigenvalue weighted by Crippen LogP contribution is 2.21. The second-order valence-electron chi connectivity index (χ2n) is 7.69. The van der Waals surface area contributed by atoms with Crippen LogP contribution in [0.25, 0.3) is 0 Å². The summed E-state index contributed by atoms with van der Waals surface area (Å²) in [6, 6.07) is 29.7. The summed E-state index contributed by atoms with van der Waals surface area (Å²) in [7, 11) is 0. The highest BCUT2D eigenvalue weighted by atomic mass is 16.5. The Morgan fingerprint density at radius 1 is 0.655 bits per heavy atom. The second kappa shape index (κ2) is 10.1. The van der Waals surface area contributed by atoms with Gasteiger partial charge in [0.2, 0.25) is 0 Å². The maximum atomic E-state index is 5.91. The van der Waals surface area contributed by atoms with Crippen molar-refractivity contribution in [2.45, 2.75) is 19.4 Å². The standard InChI is InChI=1S/C26H30N2O/c1-3-8-23(9-4-1)12-7-17-27-18-20-28(21-19-27)25-13-15-26(16-14-25)29-22-24-10-5-2-6-11-24/h1-6,8-11,13-16H,7,12,17-22H2. The fourth-order valence-corrected chi connectivity index (χ4v) is 3.88. The van der Waals surface area contributed by atoms with Crippen LogP contribution >= 0.6 is 0 Å². The zero-order chi connectivity index (χ0) is 19.7. The largest absolute Gasteiger partial charge is 0.489 e. The first-order chi connectivity index (χ1) is 14.4. The van der Waals surface area contributed by atoms with E-state index in [2.05, 4.69) is 76.5 Å². The molecule has 0 N–H and O–H groups in total. The van der Waals surface area contributed by atoms with Gasteiger partial charge in [0.25, 0.3) is 0 Å². The highest BCUT2D eigenvalue weighted by Gasteiger charge is 2.16. The minimum Gasteiger partial charge on any atom is -0.489 e. The third kappa shape index (κ3) is 5.85. The first kappa shape index (κ1) is 19.5. The number of benzene rings is 3. The van der Waals surface area contributed by atoms with Crippen molar-refractivity contribution in [1.82, 2.24) is 4.90 Å². The Kier molecular flexibility index (Phi) is 6.82. The fraction of sp³-hybridized carbons (Fsp3) is 0.308. The molecule has 3 heteroatoms. The first-order valence-corrected chi connectivity index (χ1v) is 10.6. The number of anilines is 1. The molecular weight excluding hydrogens is 356 g/mol. The lowest BCUT2D eigenvalue weighted by Gasteiger charge is -2.36. The summed E-state index contributed by atoms with van der Waals surface area (Å²) in [6.45, 7) is 6.27. The van der Waals surface area contributed by atoms with Gasteiger partial charge in [0.1, 0.15) is 12.4 Å². The van der Waals surface area contributed by atoms with E-state index in [0.29, 0.717) is 6.61 Å². The van der Waals surface area contributed by atoms with Gasteiger partial charge in [0, 0.05) is 31.9 Å². The molecule has 1 fully saturated rings. The molecule has 0 atom stereocenters. The molecule has 0 saturated carbocycles. The van der Waals surface area contributed by atoms with E-state index in [1.807, 2.05) is 18.2 Å². The Bertz CT molecular complexity index is 841. The molecule has 3 aromatic carbocycles.